The SMILES string of the molecule is N#CCNc1ccc(Oc2cccc(OCc3ccccc3)c2)cc1. The lowest BCUT2D eigenvalue weighted by atomic mass is 10.2. The zero-order chi connectivity index (χ0) is 17.3. The van der Waals surface area contributed by atoms with Gasteiger partial charge in [-0.25, -0.2) is 0 Å². The molecule has 0 saturated heterocycles. The van der Waals surface area contributed by atoms with Gasteiger partial charge in [0.25, 0.3) is 0 Å². The number of nitrogens with zero attached hydrogens (tertiary/aromatic N) is 1. The Balaban J connectivity index is 1.60. The van der Waals surface area contributed by atoms with Crippen molar-refractivity contribution >= 4 is 5.69 Å². The van der Waals surface area contributed by atoms with Crippen molar-refractivity contribution in [1.82, 2.24) is 0 Å². The van der Waals surface area contributed by atoms with E-state index in [0.717, 1.165) is 22.7 Å². The number of hydrogen-bond acceptors (Lipinski definition) is 4. The molecule has 0 bridgehead atoms. The third-order valence-corrected chi connectivity index (χ3v) is 3.52. The van der Waals surface area contributed by atoms with Crippen LogP contribution < -0.4 is 14.8 Å². The number of nitriles is 1. The molecule has 124 valence electrons. The molecular weight excluding hydrogens is 312 g/mol. The van der Waals surface area contributed by atoms with Gasteiger partial charge in [0.15, 0.2) is 0 Å². The van der Waals surface area contributed by atoms with Crippen molar-refractivity contribution in [3.8, 4) is 23.3 Å². The van der Waals surface area contributed by atoms with E-state index >= 15 is 0 Å². The Labute approximate surface area is 147 Å². The molecule has 0 saturated carbocycles. The maximum absolute atomic E-state index is 8.57. The van der Waals surface area contributed by atoms with E-state index in [9.17, 15) is 0 Å². The first-order valence-corrected chi connectivity index (χ1v) is 7.99. The molecule has 0 heterocycles. The van der Waals surface area contributed by atoms with E-state index in [2.05, 4.69) is 5.32 Å². The van der Waals surface area contributed by atoms with E-state index in [-0.39, 0.29) is 6.54 Å². The van der Waals surface area contributed by atoms with Gasteiger partial charge >= 0.3 is 0 Å². The van der Waals surface area contributed by atoms with Gasteiger partial charge in [-0.05, 0) is 42.0 Å². The van der Waals surface area contributed by atoms with Crippen molar-refractivity contribution in [3.05, 3.63) is 84.4 Å². The summed E-state index contributed by atoms with van der Waals surface area (Å²) < 4.78 is 11.7. The minimum atomic E-state index is 0.279. The highest BCUT2D eigenvalue weighted by Gasteiger charge is 2.01. The molecule has 1 N–H and O–H groups in total. The molecule has 3 rings (SSSR count). The van der Waals surface area contributed by atoms with Crippen LogP contribution in [-0.2, 0) is 6.61 Å². The first kappa shape index (κ1) is 16.4. The van der Waals surface area contributed by atoms with Gasteiger partial charge in [0, 0.05) is 11.8 Å². The van der Waals surface area contributed by atoms with Gasteiger partial charge in [0.2, 0.25) is 0 Å². The normalized spacial score (nSPS) is 9.88. The Bertz CT molecular complexity index is 840. The lowest BCUT2D eigenvalue weighted by molar-refractivity contribution is 0.304. The maximum atomic E-state index is 8.57. The zero-order valence-electron chi connectivity index (χ0n) is 13.7. The van der Waals surface area contributed by atoms with Crippen molar-refractivity contribution in [3.63, 3.8) is 0 Å². The van der Waals surface area contributed by atoms with Crippen LogP contribution in [0.5, 0.6) is 17.2 Å². The standard InChI is InChI=1S/C21H18N2O2/c22-13-14-23-18-9-11-19(12-10-18)25-21-8-4-7-20(15-21)24-16-17-5-2-1-3-6-17/h1-12,15,23H,14,16H2. The molecule has 0 aromatic heterocycles. The molecule has 25 heavy (non-hydrogen) atoms. The molecular formula is C21H18N2O2. The van der Waals surface area contributed by atoms with E-state index in [4.69, 9.17) is 14.7 Å². The van der Waals surface area contributed by atoms with Gasteiger partial charge in [0.05, 0.1) is 6.07 Å². The number of anilines is 1. The Kier molecular flexibility index (Phi) is 5.52. The second kappa shape index (κ2) is 8.42. The molecule has 0 fully saturated rings. The van der Waals surface area contributed by atoms with Crippen LogP contribution in [0.3, 0.4) is 0 Å². The lowest BCUT2D eigenvalue weighted by Gasteiger charge is -2.10. The highest BCUT2D eigenvalue weighted by molar-refractivity contribution is 5.48. The highest BCUT2D eigenvalue weighted by atomic mass is 16.5. The summed E-state index contributed by atoms with van der Waals surface area (Å²) in [4.78, 5) is 0. The van der Waals surface area contributed by atoms with E-state index in [0.29, 0.717) is 12.4 Å². The highest BCUT2D eigenvalue weighted by Crippen LogP contribution is 2.26. The first-order valence-electron chi connectivity index (χ1n) is 7.99. The van der Waals surface area contributed by atoms with E-state index in [1.807, 2.05) is 84.9 Å². The molecule has 0 amide bonds. The van der Waals surface area contributed by atoms with Crippen molar-refractivity contribution in [1.29, 1.82) is 5.26 Å². The minimum Gasteiger partial charge on any atom is -0.489 e. The summed E-state index contributed by atoms with van der Waals surface area (Å²) >= 11 is 0. The Hall–Kier alpha value is -3.45. The van der Waals surface area contributed by atoms with Crippen LogP contribution in [-0.4, -0.2) is 6.54 Å². The maximum Gasteiger partial charge on any atom is 0.131 e. The third kappa shape index (κ3) is 5.02. The molecule has 0 aliphatic rings. The number of rotatable bonds is 7. The Morgan fingerprint density at radius 3 is 2.32 bits per heavy atom. The summed E-state index contributed by atoms with van der Waals surface area (Å²) in [6.07, 6.45) is 0. The Morgan fingerprint density at radius 1 is 0.800 bits per heavy atom. The van der Waals surface area contributed by atoms with Crippen LogP contribution in [0, 0.1) is 11.3 Å². The van der Waals surface area contributed by atoms with Crippen LogP contribution in [0.2, 0.25) is 0 Å². The molecule has 4 heteroatoms. The van der Waals surface area contributed by atoms with Crippen LogP contribution in [0.15, 0.2) is 78.9 Å². The number of benzene rings is 3. The summed E-state index contributed by atoms with van der Waals surface area (Å²) in [6, 6.07) is 27.1. The van der Waals surface area contributed by atoms with Crippen molar-refractivity contribution in [2.45, 2.75) is 6.61 Å². The predicted octanol–water partition coefficient (Wildman–Crippen LogP) is 4.99. The largest absolute Gasteiger partial charge is 0.489 e. The van der Waals surface area contributed by atoms with E-state index in [1.54, 1.807) is 0 Å². The topological polar surface area (TPSA) is 54.3 Å². The number of ether oxygens (including phenoxy) is 2. The van der Waals surface area contributed by atoms with E-state index in [1.165, 1.54) is 0 Å². The van der Waals surface area contributed by atoms with Crippen LogP contribution in [0.4, 0.5) is 5.69 Å². The molecule has 3 aromatic carbocycles. The molecule has 0 radical (unpaired) electrons. The monoisotopic (exact) mass is 330 g/mol. The Morgan fingerprint density at radius 2 is 1.56 bits per heavy atom. The minimum absolute atomic E-state index is 0.279. The van der Waals surface area contributed by atoms with Crippen LogP contribution in [0.1, 0.15) is 5.56 Å². The molecule has 0 atom stereocenters. The first-order chi connectivity index (χ1) is 12.3. The summed E-state index contributed by atoms with van der Waals surface area (Å²) in [5, 5.41) is 11.6. The predicted molar refractivity (Wildman–Crippen MR) is 97.8 cm³/mol. The van der Waals surface area contributed by atoms with Gasteiger partial charge in [-0.2, -0.15) is 5.26 Å². The average Bonchev–Trinajstić information content (AvgIpc) is 2.67. The molecule has 4 nitrogen and oxygen atoms in total. The second-order valence-electron chi connectivity index (χ2n) is 5.39. The fraction of sp³-hybridized carbons (Fsp3) is 0.0952. The average molecular weight is 330 g/mol. The van der Waals surface area contributed by atoms with Crippen molar-refractivity contribution < 1.29 is 9.47 Å². The second-order valence-corrected chi connectivity index (χ2v) is 5.39. The molecule has 0 unspecified atom stereocenters. The van der Waals surface area contributed by atoms with Gasteiger partial charge in [-0.15, -0.1) is 0 Å². The smallest absolute Gasteiger partial charge is 0.131 e. The fourth-order valence-electron chi connectivity index (χ4n) is 2.29. The number of nitrogens with one attached hydrogen (secondary N) is 1. The van der Waals surface area contributed by atoms with Crippen molar-refractivity contribution in [2.24, 2.45) is 0 Å². The summed E-state index contributed by atoms with van der Waals surface area (Å²) in [6.45, 7) is 0.796. The van der Waals surface area contributed by atoms with Gasteiger partial charge in [-0.1, -0.05) is 36.4 Å². The van der Waals surface area contributed by atoms with E-state index < -0.39 is 0 Å². The molecule has 0 aliphatic heterocycles. The summed E-state index contributed by atoms with van der Waals surface area (Å²) in [5.41, 5.74) is 2.00. The molecule has 3 aromatic rings. The van der Waals surface area contributed by atoms with Gasteiger partial charge in [0.1, 0.15) is 30.4 Å². The van der Waals surface area contributed by atoms with Gasteiger partial charge in [-0.3, -0.25) is 0 Å². The molecule has 0 aliphatic carbocycles. The van der Waals surface area contributed by atoms with Crippen molar-refractivity contribution in [2.75, 3.05) is 11.9 Å². The summed E-state index contributed by atoms with van der Waals surface area (Å²) in [5.74, 6) is 2.19. The van der Waals surface area contributed by atoms with Gasteiger partial charge < -0.3 is 14.8 Å². The lowest BCUT2D eigenvalue weighted by Crippen LogP contribution is -1.97. The third-order valence-electron chi connectivity index (χ3n) is 3.52. The quantitative estimate of drug-likeness (QED) is 0.620. The fourth-order valence-corrected chi connectivity index (χ4v) is 2.29. The molecule has 0 spiro atoms. The zero-order valence-corrected chi connectivity index (χ0v) is 13.7. The van der Waals surface area contributed by atoms with Crippen LogP contribution in [0.25, 0.3) is 0 Å². The number of hydrogen-bond donors (Lipinski definition) is 1. The summed E-state index contributed by atoms with van der Waals surface area (Å²) in [7, 11) is 0. The van der Waals surface area contributed by atoms with Crippen LogP contribution >= 0.6 is 0 Å².